The number of hydrogen-bond donors (Lipinski definition) is 0. The quantitative estimate of drug-likeness (QED) is 0.161. The Labute approximate surface area is 405 Å². The highest BCUT2D eigenvalue weighted by Gasteiger charge is 2.54. The molecule has 0 fully saturated rings. The molecule has 0 saturated carbocycles. The van der Waals surface area contributed by atoms with E-state index in [1.165, 1.54) is 61.2 Å². The van der Waals surface area contributed by atoms with Gasteiger partial charge in [0.15, 0.2) is 23.3 Å². The van der Waals surface area contributed by atoms with Crippen LogP contribution in [0.25, 0.3) is 73.1 Å². The molecule has 0 radical (unpaired) electrons. The summed E-state index contributed by atoms with van der Waals surface area (Å²) in [5, 5.41) is 0. The molecular formula is C65H40N4O. The number of carbonyl (C=O) groups is 1. The van der Waals surface area contributed by atoms with Gasteiger partial charge in [-0.15, -0.1) is 0 Å². The van der Waals surface area contributed by atoms with E-state index < -0.39 is 10.8 Å². The summed E-state index contributed by atoms with van der Waals surface area (Å²) >= 11 is 0. The lowest BCUT2D eigenvalue weighted by atomic mass is 9.68. The van der Waals surface area contributed by atoms with Crippen molar-refractivity contribution in [2.24, 2.45) is 4.99 Å². The van der Waals surface area contributed by atoms with Crippen molar-refractivity contribution in [2.45, 2.75) is 17.3 Å². The first-order chi connectivity index (χ1) is 34.6. The van der Waals surface area contributed by atoms with Crippen molar-refractivity contribution >= 4 is 17.6 Å². The maximum Gasteiger partial charge on any atom is 0.193 e. The Morgan fingerprint density at radius 1 is 0.357 bits per heavy atom. The van der Waals surface area contributed by atoms with Gasteiger partial charge in [-0.05, 0) is 107 Å². The Balaban J connectivity index is 0.915. The standard InChI is InChI=1S/C65H40N4O/c70-60(41-27-30-48-46-21-9-13-25-54(46)64(56(48)35-41)52-23-11-7-19-44(52)45-20-8-12-24-53(45)64)42-28-31-49-50-32-29-43(63-68-61(39-15-3-1-4-16-39)67-62(69-63)40-17-5-2-6-18-40)37-58(50)65(57(49)36-42)55-26-14-10-22-47(55)51-33-34-66-38-59(51)65/h1-32,34-37H,33,38H2. The summed E-state index contributed by atoms with van der Waals surface area (Å²) in [6, 6.07) is 75.0. The SMILES string of the molecule is O=C(c1ccc2c(c1)C1(C3=C(CC=NC3)c3ccccc31)c1cc(-c3nc(-c4ccccc4)nc(-c4ccccc4)n3)ccc1-2)c1ccc2c(c1)C1(c3ccccc3-c3ccccc31)c1ccccc1-2. The van der Waals surface area contributed by atoms with Crippen molar-refractivity contribution in [1.29, 1.82) is 0 Å². The van der Waals surface area contributed by atoms with E-state index in [-0.39, 0.29) is 5.78 Å². The number of dihydropyridines is 1. The van der Waals surface area contributed by atoms with Gasteiger partial charge in [0.25, 0.3) is 0 Å². The van der Waals surface area contributed by atoms with Gasteiger partial charge in [-0.2, -0.15) is 0 Å². The first-order valence-electron chi connectivity index (χ1n) is 24.1. The lowest BCUT2D eigenvalue weighted by Gasteiger charge is -2.33. The molecule has 1 atom stereocenters. The van der Waals surface area contributed by atoms with E-state index in [0.717, 1.165) is 50.9 Å². The van der Waals surface area contributed by atoms with Crippen LogP contribution in [0.4, 0.5) is 0 Å². The number of ketones is 1. The van der Waals surface area contributed by atoms with Gasteiger partial charge >= 0.3 is 0 Å². The van der Waals surface area contributed by atoms with Gasteiger partial charge in [-0.3, -0.25) is 9.79 Å². The minimum Gasteiger partial charge on any atom is -0.293 e. The topological polar surface area (TPSA) is 68.1 Å². The molecule has 5 heteroatoms. The molecule has 0 amide bonds. The fraction of sp³-hybridized carbons (Fsp3) is 0.0615. The van der Waals surface area contributed by atoms with Crippen LogP contribution in [-0.2, 0) is 10.8 Å². The molecule has 2 heterocycles. The normalized spacial score (nSPS) is 16.6. The first-order valence-corrected chi connectivity index (χ1v) is 24.1. The highest BCUT2D eigenvalue weighted by molar-refractivity contribution is 6.11. The van der Waals surface area contributed by atoms with Crippen LogP contribution < -0.4 is 0 Å². The van der Waals surface area contributed by atoms with Gasteiger partial charge in [0.2, 0.25) is 0 Å². The van der Waals surface area contributed by atoms with E-state index in [4.69, 9.17) is 19.9 Å². The van der Waals surface area contributed by atoms with E-state index in [0.29, 0.717) is 35.1 Å². The molecule has 2 spiro atoms. The summed E-state index contributed by atoms with van der Waals surface area (Å²) in [4.78, 5) is 35.8. The van der Waals surface area contributed by atoms with Crippen LogP contribution >= 0.6 is 0 Å². The molecule has 326 valence electrons. The second-order valence-electron chi connectivity index (χ2n) is 19.0. The van der Waals surface area contributed by atoms with Crippen LogP contribution in [0.3, 0.4) is 0 Å². The molecule has 9 aromatic carbocycles. The summed E-state index contributed by atoms with van der Waals surface area (Å²) in [5.41, 5.74) is 22.1. The summed E-state index contributed by atoms with van der Waals surface area (Å²) in [6.07, 6.45) is 2.81. The predicted octanol–water partition coefficient (Wildman–Crippen LogP) is 14.0. The Morgan fingerprint density at radius 2 is 0.757 bits per heavy atom. The maximum absolute atomic E-state index is 15.5. The first kappa shape index (κ1) is 39.1. The number of rotatable bonds is 5. The van der Waals surface area contributed by atoms with Crippen LogP contribution in [0.2, 0.25) is 0 Å². The number of carbonyl (C=O) groups excluding carboxylic acids is 1. The molecule has 4 aliphatic carbocycles. The van der Waals surface area contributed by atoms with Crippen LogP contribution in [0, 0.1) is 0 Å². The Bertz CT molecular complexity index is 3860. The highest BCUT2D eigenvalue weighted by Crippen LogP contribution is 2.65. The zero-order chi connectivity index (χ0) is 46.1. The van der Waals surface area contributed by atoms with E-state index in [1.807, 2.05) is 72.8 Å². The maximum atomic E-state index is 15.5. The monoisotopic (exact) mass is 892 g/mol. The molecule has 5 aliphatic rings. The molecular weight excluding hydrogens is 853 g/mol. The molecule has 15 rings (SSSR count). The van der Waals surface area contributed by atoms with E-state index >= 15 is 4.79 Å². The fourth-order valence-corrected chi connectivity index (χ4v) is 12.9. The van der Waals surface area contributed by atoms with Crippen LogP contribution in [0.1, 0.15) is 66.8 Å². The summed E-state index contributed by atoms with van der Waals surface area (Å²) in [5.74, 6) is 1.83. The van der Waals surface area contributed by atoms with Gasteiger partial charge in [0.05, 0.1) is 17.4 Å². The van der Waals surface area contributed by atoms with Crippen LogP contribution in [0.15, 0.2) is 223 Å². The van der Waals surface area contributed by atoms with Crippen molar-refractivity contribution in [3.63, 3.8) is 0 Å². The number of aliphatic imine (C=N–C) groups is 1. The third-order valence-electron chi connectivity index (χ3n) is 15.8. The van der Waals surface area contributed by atoms with Crippen LogP contribution in [-0.4, -0.2) is 33.5 Å². The summed E-state index contributed by atoms with van der Waals surface area (Å²) < 4.78 is 0. The molecule has 0 N–H and O–H groups in total. The number of hydrogen-bond acceptors (Lipinski definition) is 5. The second-order valence-corrected chi connectivity index (χ2v) is 19.0. The zero-order valence-corrected chi connectivity index (χ0v) is 37.9. The lowest BCUT2D eigenvalue weighted by Crippen LogP contribution is -2.29. The molecule has 5 nitrogen and oxygen atoms in total. The molecule has 0 saturated heterocycles. The van der Waals surface area contributed by atoms with E-state index in [1.54, 1.807) is 0 Å². The minimum absolute atomic E-state index is 0.00251. The molecule has 1 aliphatic heterocycles. The summed E-state index contributed by atoms with van der Waals surface area (Å²) in [6.45, 7) is 0.559. The number of fused-ring (bicyclic) bond motifs is 19. The Morgan fingerprint density at radius 3 is 1.29 bits per heavy atom. The number of nitrogens with zero attached hydrogens (tertiary/aromatic N) is 4. The third-order valence-corrected chi connectivity index (χ3v) is 15.8. The third kappa shape index (κ3) is 5.13. The van der Waals surface area contributed by atoms with Gasteiger partial charge in [-0.1, -0.05) is 194 Å². The average Bonchev–Trinajstić information content (AvgIpc) is 4.11. The van der Waals surface area contributed by atoms with Gasteiger partial charge < -0.3 is 0 Å². The van der Waals surface area contributed by atoms with Crippen molar-refractivity contribution in [3.8, 4) is 67.5 Å². The second kappa shape index (κ2) is 14.5. The average molecular weight is 893 g/mol. The lowest BCUT2D eigenvalue weighted by molar-refractivity contribution is 0.103. The van der Waals surface area contributed by atoms with Gasteiger partial charge in [0.1, 0.15) is 0 Å². The van der Waals surface area contributed by atoms with Gasteiger partial charge in [-0.25, -0.2) is 15.0 Å². The predicted molar refractivity (Wildman–Crippen MR) is 279 cm³/mol. The molecule has 10 aromatic rings. The van der Waals surface area contributed by atoms with Crippen LogP contribution in [0.5, 0.6) is 0 Å². The van der Waals surface area contributed by atoms with Crippen molar-refractivity contribution in [1.82, 2.24) is 15.0 Å². The van der Waals surface area contributed by atoms with E-state index in [9.17, 15) is 0 Å². The largest absolute Gasteiger partial charge is 0.293 e. The Kier molecular flexibility index (Phi) is 8.12. The smallest absolute Gasteiger partial charge is 0.193 e. The molecule has 1 unspecified atom stereocenters. The van der Waals surface area contributed by atoms with Crippen molar-refractivity contribution < 1.29 is 4.79 Å². The van der Waals surface area contributed by atoms with Crippen molar-refractivity contribution in [2.75, 3.05) is 6.54 Å². The van der Waals surface area contributed by atoms with Gasteiger partial charge in [0, 0.05) is 40.5 Å². The van der Waals surface area contributed by atoms with E-state index in [2.05, 4.69) is 146 Å². The number of allylic oxidation sites excluding steroid dienone is 1. The van der Waals surface area contributed by atoms with Crippen molar-refractivity contribution in [3.05, 3.63) is 274 Å². The number of aromatic nitrogens is 3. The molecule has 70 heavy (non-hydrogen) atoms. The Hall–Kier alpha value is -8.93. The highest BCUT2D eigenvalue weighted by atomic mass is 16.1. The minimum atomic E-state index is -0.695. The molecule has 1 aromatic heterocycles. The number of benzene rings is 9. The summed E-state index contributed by atoms with van der Waals surface area (Å²) in [7, 11) is 0. The molecule has 0 bridgehead atoms. The zero-order valence-electron chi connectivity index (χ0n) is 37.9. The fourth-order valence-electron chi connectivity index (χ4n) is 12.9.